The van der Waals surface area contributed by atoms with Gasteiger partial charge in [0.2, 0.25) is 5.91 Å². The number of carboxylic acids is 1. The Morgan fingerprint density at radius 2 is 1.56 bits per heavy atom. The zero-order valence-corrected chi connectivity index (χ0v) is 20.0. The Kier molecular flexibility index (Phi) is 8.50. The lowest BCUT2D eigenvalue weighted by Gasteiger charge is -2.27. The number of hydrogen-bond donors (Lipinski definition) is 2. The summed E-state index contributed by atoms with van der Waals surface area (Å²) in [5.74, 6) is -7.21. The summed E-state index contributed by atoms with van der Waals surface area (Å²) >= 11 is 0. The number of amides is 1. The molecular formula is C26H31F4NO3. The van der Waals surface area contributed by atoms with E-state index in [4.69, 9.17) is 0 Å². The number of carbonyl (C=O) groups excluding carboxylic acids is 1. The maximum Gasteiger partial charge on any atom is 0.392 e. The van der Waals surface area contributed by atoms with Gasteiger partial charge in [0.15, 0.2) is 0 Å². The second kappa shape index (κ2) is 10.6. The van der Waals surface area contributed by atoms with Crippen molar-refractivity contribution in [1.29, 1.82) is 0 Å². The zero-order valence-electron chi connectivity index (χ0n) is 20.0. The van der Waals surface area contributed by atoms with E-state index in [2.05, 4.69) is 5.32 Å². The van der Waals surface area contributed by atoms with Gasteiger partial charge < -0.3 is 10.4 Å². The van der Waals surface area contributed by atoms with E-state index in [0.29, 0.717) is 12.0 Å². The van der Waals surface area contributed by atoms with Crippen molar-refractivity contribution < 1.29 is 32.3 Å². The molecule has 0 aliphatic rings. The van der Waals surface area contributed by atoms with Crippen molar-refractivity contribution in [1.82, 2.24) is 0 Å². The molecule has 186 valence electrons. The normalized spacial score (nSPS) is 14.9. The van der Waals surface area contributed by atoms with Crippen LogP contribution < -0.4 is 5.32 Å². The molecule has 2 aromatic rings. The molecule has 0 heterocycles. The molecule has 0 saturated heterocycles. The Labute approximate surface area is 197 Å². The first-order chi connectivity index (χ1) is 15.6. The second-order valence-corrected chi connectivity index (χ2v) is 9.67. The molecule has 0 spiro atoms. The number of aliphatic carboxylic acids is 1. The Bertz CT molecular complexity index is 1010. The van der Waals surface area contributed by atoms with Gasteiger partial charge in [-0.2, -0.15) is 13.2 Å². The number of nitrogens with one attached hydrogen (secondary N) is 1. The van der Waals surface area contributed by atoms with Crippen LogP contribution in [-0.2, 0) is 22.4 Å². The molecule has 0 bridgehead atoms. The van der Waals surface area contributed by atoms with Crippen LogP contribution in [0.3, 0.4) is 0 Å². The molecule has 8 heteroatoms. The predicted molar refractivity (Wildman–Crippen MR) is 123 cm³/mol. The highest BCUT2D eigenvalue weighted by molar-refractivity contribution is 5.96. The third kappa shape index (κ3) is 6.81. The lowest BCUT2D eigenvalue weighted by Crippen LogP contribution is -2.34. The number of alkyl halides is 3. The lowest BCUT2D eigenvalue weighted by molar-refractivity contribution is -0.178. The van der Waals surface area contributed by atoms with Crippen molar-refractivity contribution in [3.8, 4) is 0 Å². The highest BCUT2D eigenvalue weighted by Crippen LogP contribution is 2.38. The third-order valence-corrected chi connectivity index (χ3v) is 6.12. The topological polar surface area (TPSA) is 66.4 Å². The smallest absolute Gasteiger partial charge is 0.392 e. The van der Waals surface area contributed by atoms with Gasteiger partial charge in [0.25, 0.3) is 0 Å². The number of rotatable bonds is 8. The average molecular weight is 482 g/mol. The fraction of sp³-hybridized carbons (Fsp3) is 0.462. The molecule has 0 aromatic heterocycles. The molecule has 2 aromatic carbocycles. The maximum absolute atomic E-state index is 14.5. The van der Waals surface area contributed by atoms with E-state index in [1.165, 1.54) is 24.3 Å². The quantitative estimate of drug-likeness (QED) is 0.418. The van der Waals surface area contributed by atoms with Gasteiger partial charge in [0, 0.05) is 0 Å². The largest absolute Gasteiger partial charge is 0.481 e. The van der Waals surface area contributed by atoms with E-state index >= 15 is 0 Å². The van der Waals surface area contributed by atoms with E-state index in [-0.39, 0.29) is 17.7 Å². The molecule has 0 saturated carbocycles. The van der Waals surface area contributed by atoms with Crippen molar-refractivity contribution in [3.05, 3.63) is 65.0 Å². The summed E-state index contributed by atoms with van der Waals surface area (Å²) < 4.78 is 55.3. The van der Waals surface area contributed by atoms with E-state index in [1.54, 1.807) is 32.9 Å². The number of benzene rings is 2. The monoisotopic (exact) mass is 481 g/mol. The molecular weight excluding hydrogens is 450 g/mol. The molecule has 2 N–H and O–H groups in total. The molecule has 1 unspecified atom stereocenters. The summed E-state index contributed by atoms with van der Waals surface area (Å²) in [7, 11) is 0. The number of carboxylic acid groups (broad SMARTS) is 1. The number of halogens is 4. The Morgan fingerprint density at radius 3 is 2.03 bits per heavy atom. The summed E-state index contributed by atoms with van der Waals surface area (Å²) in [6.07, 6.45) is -3.88. The summed E-state index contributed by atoms with van der Waals surface area (Å²) in [5, 5.41) is 11.9. The Balaban J connectivity index is 2.39. The SMILES string of the molecule is CCc1ccc([C@@H](C(=O)Nc2cc(CC(C(=O)O)C(C)(C)C)ccc2F)[C@@H](C)C(F)(F)F)cc1. The van der Waals surface area contributed by atoms with Crippen molar-refractivity contribution in [3.63, 3.8) is 0 Å². The number of hydrogen-bond acceptors (Lipinski definition) is 2. The van der Waals surface area contributed by atoms with Crippen LogP contribution in [0.1, 0.15) is 57.2 Å². The second-order valence-electron chi connectivity index (χ2n) is 9.67. The molecule has 0 aliphatic heterocycles. The average Bonchev–Trinajstić information content (AvgIpc) is 2.73. The van der Waals surface area contributed by atoms with Crippen LogP contribution in [-0.4, -0.2) is 23.2 Å². The van der Waals surface area contributed by atoms with Gasteiger partial charge in [-0.3, -0.25) is 9.59 Å². The number of carbonyl (C=O) groups is 2. The van der Waals surface area contributed by atoms with Crippen molar-refractivity contribution >= 4 is 17.6 Å². The Hall–Kier alpha value is -2.90. The predicted octanol–water partition coefficient (Wildman–Crippen LogP) is 6.60. The van der Waals surface area contributed by atoms with E-state index in [9.17, 15) is 32.3 Å². The standard InChI is InChI=1S/C26H31F4NO3/c1-6-16-7-10-18(11-8-16)22(15(2)26(28,29)30)23(32)31-21-14-17(9-12-20(21)27)13-19(24(33)34)25(3,4)5/h7-12,14-15,19,22H,6,13H2,1-5H3,(H,31,32)(H,33,34)/t15-,19?,22+/m1/s1. The molecule has 0 aliphatic carbocycles. The van der Waals surface area contributed by atoms with Crippen LogP contribution >= 0.6 is 0 Å². The van der Waals surface area contributed by atoms with Crippen LogP contribution in [0.2, 0.25) is 0 Å². The summed E-state index contributed by atoms with van der Waals surface area (Å²) in [4.78, 5) is 24.7. The number of aryl methyl sites for hydroxylation is 1. The van der Waals surface area contributed by atoms with Gasteiger partial charge in [-0.1, -0.05) is 65.0 Å². The highest BCUT2D eigenvalue weighted by Gasteiger charge is 2.45. The lowest BCUT2D eigenvalue weighted by atomic mass is 9.77. The van der Waals surface area contributed by atoms with Crippen molar-refractivity contribution in [2.45, 2.75) is 59.6 Å². The minimum absolute atomic E-state index is 0.0723. The fourth-order valence-corrected chi connectivity index (χ4v) is 3.82. The highest BCUT2D eigenvalue weighted by atomic mass is 19.4. The Morgan fingerprint density at radius 1 is 1.00 bits per heavy atom. The zero-order chi connectivity index (χ0) is 25.8. The van der Waals surface area contributed by atoms with E-state index in [0.717, 1.165) is 18.6 Å². The molecule has 0 fully saturated rings. The molecule has 1 amide bonds. The number of anilines is 1. The first kappa shape index (κ1) is 27.3. The first-order valence-corrected chi connectivity index (χ1v) is 11.1. The van der Waals surface area contributed by atoms with Crippen LogP contribution in [0.4, 0.5) is 23.2 Å². The van der Waals surface area contributed by atoms with E-state index in [1.807, 2.05) is 6.92 Å². The summed E-state index contributed by atoms with van der Waals surface area (Å²) in [6.45, 7) is 8.13. The van der Waals surface area contributed by atoms with Gasteiger partial charge in [-0.15, -0.1) is 0 Å². The minimum atomic E-state index is -4.65. The summed E-state index contributed by atoms with van der Waals surface area (Å²) in [5.41, 5.74) is 0.668. The van der Waals surface area contributed by atoms with Gasteiger partial charge in [-0.05, 0) is 47.1 Å². The van der Waals surface area contributed by atoms with Crippen molar-refractivity contribution in [2.24, 2.45) is 17.3 Å². The summed E-state index contributed by atoms with van der Waals surface area (Å²) in [6, 6.07) is 10.1. The third-order valence-electron chi connectivity index (χ3n) is 6.12. The van der Waals surface area contributed by atoms with Crippen LogP contribution in [0, 0.1) is 23.1 Å². The van der Waals surface area contributed by atoms with Gasteiger partial charge in [-0.25, -0.2) is 4.39 Å². The van der Waals surface area contributed by atoms with Crippen LogP contribution in [0.15, 0.2) is 42.5 Å². The van der Waals surface area contributed by atoms with E-state index < -0.39 is 47.0 Å². The molecule has 34 heavy (non-hydrogen) atoms. The first-order valence-electron chi connectivity index (χ1n) is 11.1. The van der Waals surface area contributed by atoms with Crippen molar-refractivity contribution in [2.75, 3.05) is 5.32 Å². The van der Waals surface area contributed by atoms with Gasteiger partial charge >= 0.3 is 12.1 Å². The molecule has 3 atom stereocenters. The van der Waals surface area contributed by atoms with Crippen LogP contribution in [0.5, 0.6) is 0 Å². The van der Waals surface area contributed by atoms with Crippen LogP contribution in [0.25, 0.3) is 0 Å². The molecule has 0 radical (unpaired) electrons. The van der Waals surface area contributed by atoms with Gasteiger partial charge in [0.1, 0.15) is 5.82 Å². The maximum atomic E-state index is 14.5. The molecule has 4 nitrogen and oxygen atoms in total. The minimum Gasteiger partial charge on any atom is -0.481 e. The fourth-order valence-electron chi connectivity index (χ4n) is 3.82. The van der Waals surface area contributed by atoms with Gasteiger partial charge in [0.05, 0.1) is 23.4 Å². The molecule has 2 rings (SSSR count).